The predicted octanol–water partition coefficient (Wildman–Crippen LogP) is 2.95. The number of hydrogen-bond donors (Lipinski definition) is 1. The Bertz CT molecular complexity index is 725. The molecule has 0 saturated carbocycles. The zero-order valence-electron chi connectivity index (χ0n) is 14.3. The molecule has 2 aromatic rings. The van der Waals surface area contributed by atoms with E-state index < -0.39 is 12.1 Å². The normalized spacial score (nSPS) is 31.3. The Balaban J connectivity index is 1.61. The van der Waals surface area contributed by atoms with Crippen molar-refractivity contribution in [3.63, 3.8) is 0 Å². The standard InChI is InChI=1S/C18H22N2O4/c1-10-5-7-11(8-6-10)12-9-13(20-19-12)14-15-16(17(21-4)22-14)24-18(2,3)23-15/h5-9,14-17H,1-4H3,(H,19,20)/t14-,15+,16+,17+/m1/s1. The van der Waals surface area contributed by atoms with Crippen LogP contribution in [-0.2, 0) is 18.9 Å². The second kappa shape index (κ2) is 5.67. The average molecular weight is 330 g/mol. The van der Waals surface area contributed by atoms with E-state index in [4.69, 9.17) is 18.9 Å². The molecule has 0 aliphatic carbocycles. The van der Waals surface area contributed by atoms with Crippen LogP contribution >= 0.6 is 0 Å². The highest BCUT2D eigenvalue weighted by atomic mass is 16.8. The first-order chi connectivity index (χ1) is 11.5. The van der Waals surface area contributed by atoms with Gasteiger partial charge in [-0.05, 0) is 26.8 Å². The highest BCUT2D eigenvalue weighted by Gasteiger charge is 2.56. The van der Waals surface area contributed by atoms with Crippen molar-refractivity contribution in [3.8, 4) is 11.3 Å². The van der Waals surface area contributed by atoms with Gasteiger partial charge in [0.25, 0.3) is 0 Å². The van der Waals surface area contributed by atoms with E-state index in [0.29, 0.717) is 0 Å². The second-order valence-electron chi connectivity index (χ2n) is 6.80. The van der Waals surface area contributed by atoms with Gasteiger partial charge in [-0.15, -0.1) is 0 Å². The van der Waals surface area contributed by atoms with E-state index in [-0.39, 0.29) is 18.3 Å². The van der Waals surface area contributed by atoms with Crippen molar-refractivity contribution in [1.82, 2.24) is 10.2 Å². The summed E-state index contributed by atoms with van der Waals surface area (Å²) in [7, 11) is 1.61. The molecule has 0 amide bonds. The van der Waals surface area contributed by atoms with Gasteiger partial charge in [-0.2, -0.15) is 5.10 Å². The molecule has 2 fully saturated rings. The molecule has 2 aliphatic heterocycles. The predicted molar refractivity (Wildman–Crippen MR) is 87.2 cm³/mol. The molecule has 1 aromatic carbocycles. The number of ether oxygens (including phenoxy) is 4. The maximum atomic E-state index is 6.03. The van der Waals surface area contributed by atoms with Crippen molar-refractivity contribution in [2.24, 2.45) is 0 Å². The van der Waals surface area contributed by atoms with Crippen LogP contribution in [0.5, 0.6) is 0 Å². The van der Waals surface area contributed by atoms with Gasteiger partial charge < -0.3 is 18.9 Å². The van der Waals surface area contributed by atoms with Crippen LogP contribution in [0.4, 0.5) is 0 Å². The van der Waals surface area contributed by atoms with Crippen LogP contribution in [0.25, 0.3) is 11.3 Å². The first-order valence-corrected chi connectivity index (χ1v) is 8.13. The van der Waals surface area contributed by atoms with E-state index in [0.717, 1.165) is 17.0 Å². The van der Waals surface area contributed by atoms with Crippen LogP contribution < -0.4 is 0 Å². The van der Waals surface area contributed by atoms with E-state index in [2.05, 4.69) is 41.4 Å². The van der Waals surface area contributed by atoms with Crippen molar-refractivity contribution in [1.29, 1.82) is 0 Å². The molecular formula is C18H22N2O4. The minimum Gasteiger partial charge on any atom is -0.353 e. The largest absolute Gasteiger partial charge is 0.353 e. The Morgan fingerprint density at radius 3 is 2.54 bits per heavy atom. The van der Waals surface area contributed by atoms with Gasteiger partial charge in [0.15, 0.2) is 12.1 Å². The fraction of sp³-hybridized carbons (Fsp3) is 0.500. The molecule has 0 unspecified atom stereocenters. The fourth-order valence-electron chi connectivity index (χ4n) is 3.36. The van der Waals surface area contributed by atoms with E-state index in [1.807, 2.05) is 19.9 Å². The molecule has 2 saturated heterocycles. The van der Waals surface area contributed by atoms with Gasteiger partial charge in [0.1, 0.15) is 18.3 Å². The van der Waals surface area contributed by atoms with Crippen molar-refractivity contribution < 1.29 is 18.9 Å². The zero-order chi connectivity index (χ0) is 16.9. The number of methoxy groups -OCH3 is 1. The number of H-pyrrole nitrogens is 1. The van der Waals surface area contributed by atoms with Crippen molar-refractivity contribution in [2.75, 3.05) is 7.11 Å². The minimum absolute atomic E-state index is 0.226. The van der Waals surface area contributed by atoms with Gasteiger partial charge in [0.2, 0.25) is 0 Å². The summed E-state index contributed by atoms with van der Waals surface area (Å²) in [6.07, 6.45) is -1.22. The van der Waals surface area contributed by atoms with Gasteiger partial charge in [0.05, 0.1) is 11.4 Å². The first kappa shape index (κ1) is 15.8. The third-order valence-electron chi connectivity index (χ3n) is 4.49. The Kier molecular flexibility index (Phi) is 3.73. The monoisotopic (exact) mass is 330 g/mol. The van der Waals surface area contributed by atoms with E-state index in [1.165, 1.54) is 5.56 Å². The summed E-state index contributed by atoms with van der Waals surface area (Å²) < 4.78 is 23.3. The lowest BCUT2D eigenvalue weighted by atomic mass is 10.1. The van der Waals surface area contributed by atoms with Gasteiger partial charge in [0, 0.05) is 12.7 Å². The maximum Gasteiger partial charge on any atom is 0.187 e. The highest BCUT2D eigenvalue weighted by Crippen LogP contribution is 2.45. The van der Waals surface area contributed by atoms with Gasteiger partial charge in [-0.1, -0.05) is 29.8 Å². The lowest BCUT2D eigenvalue weighted by molar-refractivity contribution is -0.228. The first-order valence-electron chi connectivity index (χ1n) is 8.13. The number of nitrogens with zero attached hydrogens (tertiary/aromatic N) is 1. The zero-order valence-corrected chi connectivity index (χ0v) is 14.3. The minimum atomic E-state index is -0.645. The molecule has 1 N–H and O–H groups in total. The van der Waals surface area contributed by atoms with Crippen molar-refractivity contribution in [2.45, 2.75) is 51.2 Å². The second-order valence-corrected chi connectivity index (χ2v) is 6.80. The molecule has 128 valence electrons. The highest BCUT2D eigenvalue weighted by molar-refractivity contribution is 5.59. The van der Waals surface area contributed by atoms with Crippen LogP contribution in [0, 0.1) is 6.92 Å². The van der Waals surface area contributed by atoms with Crippen molar-refractivity contribution >= 4 is 0 Å². The summed E-state index contributed by atoms with van der Waals surface area (Å²) in [6.45, 7) is 5.87. The quantitative estimate of drug-likeness (QED) is 0.937. The average Bonchev–Trinajstić information content (AvgIpc) is 3.21. The van der Waals surface area contributed by atoms with Crippen molar-refractivity contribution in [3.05, 3.63) is 41.6 Å². The Labute approximate surface area is 141 Å². The molecule has 0 radical (unpaired) electrons. The van der Waals surface area contributed by atoms with Crippen LogP contribution in [0.3, 0.4) is 0 Å². The van der Waals surface area contributed by atoms with E-state index >= 15 is 0 Å². The molecule has 3 heterocycles. The van der Waals surface area contributed by atoms with E-state index in [1.54, 1.807) is 7.11 Å². The molecule has 6 heteroatoms. The lowest BCUT2D eigenvalue weighted by Crippen LogP contribution is -2.30. The Hall–Kier alpha value is -1.73. The number of nitrogens with one attached hydrogen (secondary N) is 1. The fourth-order valence-corrected chi connectivity index (χ4v) is 3.36. The Morgan fingerprint density at radius 1 is 1.12 bits per heavy atom. The molecule has 6 nitrogen and oxygen atoms in total. The third-order valence-corrected chi connectivity index (χ3v) is 4.49. The number of hydrogen-bond acceptors (Lipinski definition) is 5. The summed E-state index contributed by atoms with van der Waals surface area (Å²) in [6, 6.07) is 10.3. The van der Waals surface area contributed by atoms with Gasteiger partial charge in [-0.25, -0.2) is 0 Å². The molecule has 2 aliphatic rings. The number of benzene rings is 1. The van der Waals surface area contributed by atoms with Gasteiger partial charge in [-0.3, -0.25) is 5.10 Å². The third kappa shape index (κ3) is 2.65. The summed E-state index contributed by atoms with van der Waals surface area (Å²) in [4.78, 5) is 0. The lowest BCUT2D eigenvalue weighted by Gasteiger charge is -2.23. The maximum absolute atomic E-state index is 6.03. The Morgan fingerprint density at radius 2 is 1.83 bits per heavy atom. The summed E-state index contributed by atoms with van der Waals surface area (Å²) in [5, 5.41) is 7.50. The summed E-state index contributed by atoms with van der Waals surface area (Å²) >= 11 is 0. The molecule has 1 aromatic heterocycles. The number of aromatic amines is 1. The number of aromatic nitrogens is 2. The summed E-state index contributed by atoms with van der Waals surface area (Å²) in [5.41, 5.74) is 4.02. The van der Waals surface area contributed by atoms with Crippen LogP contribution in [-0.4, -0.2) is 41.6 Å². The van der Waals surface area contributed by atoms with Crippen LogP contribution in [0.1, 0.15) is 31.2 Å². The number of aryl methyl sites for hydroxylation is 1. The molecular weight excluding hydrogens is 308 g/mol. The molecule has 4 rings (SSSR count). The van der Waals surface area contributed by atoms with Crippen LogP contribution in [0.15, 0.2) is 30.3 Å². The SMILES string of the molecule is CO[C@H]1O[C@H](c2cc(-c3ccc(C)cc3)n[nH]2)[C@@H]2OC(C)(C)O[C@H]12. The van der Waals surface area contributed by atoms with E-state index in [9.17, 15) is 0 Å². The number of fused-ring (bicyclic) bond motifs is 1. The molecule has 24 heavy (non-hydrogen) atoms. The topological polar surface area (TPSA) is 65.6 Å². The molecule has 0 bridgehead atoms. The smallest absolute Gasteiger partial charge is 0.187 e. The molecule has 4 atom stereocenters. The number of rotatable bonds is 3. The molecule has 0 spiro atoms. The summed E-state index contributed by atoms with van der Waals surface area (Å²) in [5.74, 6) is -0.645. The van der Waals surface area contributed by atoms with Gasteiger partial charge >= 0.3 is 0 Å². The van der Waals surface area contributed by atoms with Crippen LogP contribution in [0.2, 0.25) is 0 Å².